The van der Waals surface area contributed by atoms with Crippen LogP contribution in [-0.2, 0) is 16.4 Å². The van der Waals surface area contributed by atoms with Gasteiger partial charge in [0.25, 0.3) is 15.9 Å². The van der Waals surface area contributed by atoms with Crippen LogP contribution in [0.2, 0.25) is 0 Å². The third kappa shape index (κ3) is 3.84. The number of nitrogens with one attached hydrogen (secondary N) is 1. The highest BCUT2D eigenvalue weighted by Gasteiger charge is 2.30. The number of amides is 1. The van der Waals surface area contributed by atoms with Crippen molar-refractivity contribution < 1.29 is 13.2 Å². The van der Waals surface area contributed by atoms with E-state index in [1.807, 2.05) is 55.5 Å². The van der Waals surface area contributed by atoms with Crippen LogP contribution in [0, 0.1) is 6.92 Å². The molecule has 0 fully saturated rings. The molecule has 2 aromatic heterocycles. The predicted molar refractivity (Wildman–Crippen MR) is 141 cm³/mol. The van der Waals surface area contributed by atoms with E-state index in [1.165, 1.54) is 39.9 Å². The van der Waals surface area contributed by atoms with E-state index in [0.29, 0.717) is 35.2 Å². The van der Waals surface area contributed by atoms with Crippen molar-refractivity contribution >= 4 is 49.0 Å². The number of para-hydroxylation sites is 2. The summed E-state index contributed by atoms with van der Waals surface area (Å²) in [5, 5.41) is 8.03. The number of sulfonamides is 1. The van der Waals surface area contributed by atoms with Crippen molar-refractivity contribution in [2.75, 3.05) is 16.2 Å². The van der Waals surface area contributed by atoms with Gasteiger partial charge in [0.2, 0.25) is 5.13 Å². The van der Waals surface area contributed by atoms with Crippen LogP contribution >= 0.6 is 11.3 Å². The largest absolute Gasteiger partial charge is 0.306 e. The summed E-state index contributed by atoms with van der Waals surface area (Å²) in [4.78, 5) is 17.8. The minimum atomic E-state index is -3.73. The van der Waals surface area contributed by atoms with Crippen molar-refractivity contribution in [1.82, 2.24) is 14.8 Å². The first kappa shape index (κ1) is 22.4. The zero-order valence-corrected chi connectivity index (χ0v) is 20.9. The molecule has 1 aliphatic heterocycles. The molecule has 0 saturated heterocycles. The molecular weight excluding hydrogens is 494 g/mol. The Balaban J connectivity index is 1.24. The maximum absolute atomic E-state index is 13.3. The van der Waals surface area contributed by atoms with E-state index in [0.717, 1.165) is 21.5 Å². The zero-order chi connectivity index (χ0) is 24.9. The number of benzene rings is 3. The number of hydrogen-bond donors (Lipinski definition) is 1. The van der Waals surface area contributed by atoms with Crippen molar-refractivity contribution in [3.63, 3.8) is 0 Å². The summed E-state index contributed by atoms with van der Waals surface area (Å²) in [6.07, 6.45) is 0.678. The third-order valence-electron chi connectivity index (χ3n) is 6.09. The second-order valence-corrected chi connectivity index (χ2v) is 11.4. The van der Waals surface area contributed by atoms with Gasteiger partial charge in [-0.25, -0.2) is 13.4 Å². The molecule has 10 heteroatoms. The van der Waals surface area contributed by atoms with Gasteiger partial charge in [0.05, 0.1) is 26.5 Å². The van der Waals surface area contributed by atoms with Crippen molar-refractivity contribution in [2.24, 2.45) is 0 Å². The maximum Gasteiger partial charge on any atom is 0.264 e. The topological polar surface area (TPSA) is 97.2 Å². The Labute approximate surface area is 211 Å². The molecule has 3 aromatic carbocycles. The Morgan fingerprint density at radius 2 is 1.75 bits per heavy atom. The van der Waals surface area contributed by atoms with Gasteiger partial charge in [-0.05, 0) is 61.4 Å². The summed E-state index contributed by atoms with van der Waals surface area (Å²) in [6.45, 7) is 2.24. The van der Waals surface area contributed by atoms with E-state index in [2.05, 4.69) is 15.4 Å². The van der Waals surface area contributed by atoms with Gasteiger partial charge in [-0.1, -0.05) is 41.7 Å². The molecule has 0 saturated carbocycles. The molecule has 6 rings (SSSR count). The number of thiazole rings is 1. The lowest BCUT2D eigenvalue weighted by Gasteiger charge is -2.19. The number of carbonyl (C=O) groups excluding carboxylic acids is 1. The minimum Gasteiger partial charge on any atom is -0.306 e. The van der Waals surface area contributed by atoms with Crippen LogP contribution in [0.5, 0.6) is 0 Å². The molecule has 180 valence electrons. The highest BCUT2D eigenvalue weighted by atomic mass is 32.2. The fourth-order valence-corrected chi connectivity index (χ4v) is 6.77. The first-order valence-electron chi connectivity index (χ1n) is 11.3. The highest BCUT2D eigenvalue weighted by Crippen LogP contribution is 2.33. The van der Waals surface area contributed by atoms with Crippen LogP contribution in [0.1, 0.15) is 21.6 Å². The number of aryl methyl sites for hydroxylation is 1. The molecule has 8 nitrogen and oxygen atoms in total. The van der Waals surface area contributed by atoms with Crippen LogP contribution < -0.4 is 9.62 Å². The molecule has 0 spiro atoms. The lowest BCUT2D eigenvalue weighted by molar-refractivity contribution is 0.102. The second-order valence-electron chi connectivity index (χ2n) is 8.48. The summed E-state index contributed by atoms with van der Waals surface area (Å²) in [7, 11) is -3.73. The van der Waals surface area contributed by atoms with Crippen LogP contribution in [-0.4, -0.2) is 35.6 Å². The van der Waals surface area contributed by atoms with Gasteiger partial charge in [-0.2, -0.15) is 9.78 Å². The summed E-state index contributed by atoms with van der Waals surface area (Å²) < 4.78 is 30.6. The van der Waals surface area contributed by atoms with Gasteiger partial charge in [-0.15, -0.1) is 0 Å². The normalized spacial score (nSPS) is 13.2. The number of nitrogens with zero attached hydrogens (tertiary/aromatic N) is 4. The summed E-state index contributed by atoms with van der Waals surface area (Å²) in [6, 6.07) is 23.1. The van der Waals surface area contributed by atoms with Crippen LogP contribution in [0.4, 0.5) is 11.5 Å². The fraction of sp³-hybridized carbons (Fsp3) is 0.115. The van der Waals surface area contributed by atoms with Crippen molar-refractivity contribution in [3.8, 4) is 5.13 Å². The lowest BCUT2D eigenvalue weighted by atomic mass is 10.2. The Kier molecular flexibility index (Phi) is 5.35. The maximum atomic E-state index is 13.3. The first-order chi connectivity index (χ1) is 17.4. The highest BCUT2D eigenvalue weighted by molar-refractivity contribution is 7.92. The standard InChI is InChI=1S/C26H21N5O3S2/c1-17-16-24(31(29-17)26-27-21-7-3-5-9-23(21)35-26)28-25(32)19-10-12-20(13-11-19)36(33,34)30-15-14-18-6-2-4-8-22(18)30/h2-13,16H,14-15H2,1H3,(H,28,32). The van der Waals surface area contributed by atoms with Gasteiger partial charge in [0, 0.05) is 18.2 Å². The average molecular weight is 516 g/mol. The molecule has 1 aliphatic rings. The molecule has 0 bridgehead atoms. The number of rotatable bonds is 5. The molecular formula is C26H21N5O3S2. The number of hydrogen-bond acceptors (Lipinski definition) is 6. The molecule has 1 amide bonds. The molecule has 0 radical (unpaired) electrons. The Hall–Kier alpha value is -4.02. The average Bonchev–Trinajstić information content (AvgIpc) is 3.60. The quantitative estimate of drug-likeness (QED) is 0.363. The van der Waals surface area contributed by atoms with Crippen LogP contribution in [0.25, 0.3) is 15.3 Å². The Bertz CT molecular complexity index is 1690. The van der Waals surface area contributed by atoms with Crippen molar-refractivity contribution in [1.29, 1.82) is 0 Å². The molecule has 3 heterocycles. The third-order valence-corrected chi connectivity index (χ3v) is 8.93. The summed E-state index contributed by atoms with van der Waals surface area (Å²) in [5.41, 5.74) is 3.65. The Morgan fingerprint density at radius 3 is 2.56 bits per heavy atom. The zero-order valence-electron chi connectivity index (χ0n) is 19.2. The van der Waals surface area contributed by atoms with Gasteiger partial charge >= 0.3 is 0 Å². The number of aromatic nitrogens is 3. The summed E-state index contributed by atoms with van der Waals surface area (Å²) in [5.74, 6) is 0.120. The van der Waals surface area contributed by atoms with E-state index in [1.54, 1.807) is 10.7 Å². The molecule has 36 heavy (non-hydrogen) atoms. The van der Waals surface area contributed by atoms with Crippen molar-refractivity contribution in [2.45, 2.75) is 18.2 Å². The SMILES string of the molecule is Cc1cc(NC(=O)c2ccc(S(=O)(=O)N3CCc4ccccc43)cc2)n(-c2nc3ccccc3s2)n1. The number of fused-ring (bicyclic) bond motifs is 2. The van der Waals surface area contributed by atoms with Gasteiger partial charge in [-0.3, -0.25) is 9.10 Å². The monoisotopic (exact) mass is 515 g/mol. The van der Waals surface area contributed by atoms with Crippen LogP contribution in [0.3, 0.4) is 0 Å². The van der Waals surface area contributed by atoms with Gasteiger partial charge in [0.1, 0.15) is 5.82 Å². The number of anilines is 2. The van der Waals surface area contributed by atoms with E-state index in [4.69, 9.17) is 0 Å². The molecule has 5 aromatic rings. The van der Waals surface area contributed by atoms with Crippen LogP contribution in [0.15, 0.2) is 83.8 Å². The Morgan fingerprint density at radius 1 is 1.00 bits per heavy atom. The smallest absolute Gasteiger partial charge is 0.264 e. The summed E-state index contributed by atoms with van der Waals surface area (Å²) >= 11 is 1.48. The lowest BCUT2D eigenvalue weighted by Crippen LogP contribution is -2.29. The second kappa shape index (κ2) is 8.58. The van der Waals surface area contributed by atoms with E-state index in [-0.39, 0.29) is 10.8 Å². The molecule has 0 unspecified atom stereocenters. The van der Waals surface area contributed by atoms with Gasteiger partial charge < -0.3 is 5.32 Å². The van der Waals surface area contributed by atoms with Crippen molar-refractivity contribution in [3.05, 3.63) is 95.7 Å². The first-order valence-corrected chi connectivity index (χ1v) is 13.6. The fourth-order valence-electron chi connectivity index (χ4n) is 4.34. The molecule has 0 aliphatic carbocycles. The molecule has 1 N–H and O–H groups in total. The molecule has 0 atom stereocenters. The van der Waals surface area contributed by atoms with Gasteiger partial charge in [0.15, 0.2) is 0 Å². The predicted octanol–water partition coefficient (Wildman–Crippen LogP) is 4.79. The van der Waals surface area contributed by atoms with E-state index < -0.39 is 10.0 Å². The van der Waals surface area contributed by atoms with E-state index in [9.17, 15) is 13.2 Å². The van der Waals surface area contributed by atoms with E-state index >= 15 is 0 Å². The number of carbonyl (C=O) groups is 1. The minimum absolute atomic E-state index is 0.145.